The molecule has 0 aliphatic heterocycles. The number of benzene rings is 1. The fourth-order valence-electron chi connectivity index (χ4n) is 1.25. The van der Waals surface area contributed by atoms with Crippen LogP contribution in [0.25, 0.3) is 0 Å². The molecule has 0 radical (unpaired) electrons. The molecule has 0 unspecified atom stereocenters. The van der Waals surface area contributed by atoms with Gasteiger partial charge in [0.25, 0.3) is 0 Å². The highest BCUT2D eigenvalue weighted by Gasteiger charge is 2.06. The van der Waals surface area contributed by atoms with Gasteiger partial charge in [-0.25, -0.2) is 4.79 Å². The van der Waals surface area contributed by atoms with Gasteiger partial charge in [0.15, 0.2) is 0 Å². The van der Waals surface area contributed by atoms with Crippen molar-refractivity contribution in [2.24, 2.45) is 5.73 Å². The summed E-state index contributed by atoms with van der Waals surface area (Å²) >= 11 is 5.95. The smallest absolute Gasteiger partial charge is 0.409 e. The molecule has 0 spiro atoms. The van der Waals surface area contributed by atoms with E-state index < -0.39 is 6.09 Å². The van der Waals surface area contributed by atoms with Gasteiger partial charge in [0.1, 0.15) is 5.75 Å². The number of amides is 1. The highest BCUT2D eigenvalue weighted by molar-refractivity contribution is 6.31. The Labute approximate surface area is 87.8 Å². The second kappa shape index (κ2) is 4.33. The van der Waals surface area contributed by atoms with Crippen molar-refractivity contribution in [3.8, 4) is 5.75 Å². The van der Waals surface area contributed by atoms with Crippen molar-refractivity contribution in [2.45, 2.75) is 20.3 Å². The summed E-state index contributed by atoms with van der Waals surface area (Å²) in [5, 5.41) is 0.584. The summed E-state index contributed by atoms with van der Waals surface area (Å²) in [5.74, 6) is 0.393. The average molecular weight is 214 g/mol. The van der Waals surface area contributed by atoms with Crippen molar-refractivity contribution in [3.05, 3.63) is 28.3 Å². The van der Waals surface area contributed by atoms with Gasteiger partial charge in [0.05, 0.1) is 0 Å². The fourth-order valence-corrected chi connectivity index (χ4v) is 1.48. The molecule has 0 aliphatic carbocycles. The monoisotopic (exact) mass is 213 g/mol. The van der Waals surface area contributed by atoms with E-state index in [0.717, 1.165) is 17.5 Å². The Morgan fingerprint density at radius 1 is 1.57 bits per heavy atom. The predicted octanol–water partition coefficient (Wildman–Crippen LogP) is 2.67. The minimum atomic E-state index is -0.827. The molecular weight excluding hydrogens is 202 g/mol. The second-order valence-corrected chi connectivity index (χ2v) is 3.37. The van der Waals surface area contributed by atoms with Crippen LogP contribution in [0.2, 0.25) is 5.02 Å². The lowest BCUT2D eigenvalue weighted by Gasteiger charge is -2.08. The fraction of sp³-hybridized carbons (Fsp3) is 0.300. The zero-order chi connectivity index (χ0) is 10.7. The summed E-state index contributed by atoms with van der Waals surface area (Å²) in [5.41, 5.74) is 6.96. The Hall–Kier alpha value is -1.22. The number of primary amides is 1. The van der Waals surface area contributed by atoms with Gasteiger partial charge in [0.2, 0.25) is 0 Å². The first-order valence-corrected chi connectivity index (χ1v) is 4.68. The SMILES string of the molecule is CCc1cc(OC(N)=O)cc(Cl)c1C. The number of rotatable bonds is 2. The van der Waals surface area contributed by atoms with E-state index in [1.54, 1.807) is 12.1 Å². The van der Waals surface area contributed by atoms with Crippen molar-refractivity contribution in [1.82, 2.24) is 0 Å². The van der Waals surface area contributed by atoms with Crippen molar-refractivity contribution in [2.75, 3.05) is 0 Å². The van der Waals surface area contributed by atoms with E-state index in [4.69, 9.17) is 22.1 Å². The molecule has 1 rings (SSSR count). The summed E-state index contributed by atoms with van der Waals surface area (Å²) in [7, 11) is 0. The average Bonchev–Trinajstić information content (AvgIpc) is 2.10. The summed E-state index contributed by atoms with van der Waals surface area (Å²) in [6.45, 7) is 3.93. The highest BCUT2D eigenvalue weighted by atomic mass is 35.5. The molecule has 4 heteroatoms. The minimum Gasteiger partial charge on any atom is -0.410 e. The van der Waals surface area contributed by atoms with Crippen molar-refractivity contribution < 1.29 is 9.53 Å². The van der Waals surface area contributed by atoms with Gasteiger partial charge >= 0.3 is 6.09 Å². The van der Waals surface area contributed by atoms with E-state index >= 15 is 0 Å². The molecule has 0 aromatic heterocycles. The third-order valence-electron chi connectivity index (χ3n) is 2.02. The minimum absolute atomic E-state index is 0.393. The zero-order valence-electron chi connectivity index (χ0n) is 8.13. The van der Waals surface area contributed by atoms with Gasteiger partial charge < -0.3 is 10.5 Å². The quantitative estimate of drug-likeness (QED) is 0.821. The molecule has 1 aromatic carbocycles. The summed E-state index contributed by atoms with van der Waals surface area (Å²) in [6.07, 6.45) is 0.00796. The van der Waals surface area contributed by atoms with Crippen LogP contribution in [0.4, 0.5) is 4.79 Å². The van der Waals surface area contributed by atoms with Gasteiger partial charge in [-0.05, 0) is 36.6 Å². The van der Waals surface area contributed by atoms with Crippen LogP contribution in [-0.4, -0.2) is 6.09 Å². The normalized spacial score (nSPS) is 9.93. The summed E-state index contributed by atoms with van der Waals surface area (Å²) < 4.78 is 4.75. The summed E-state index contributed by atoms with van der Waals surface area (Å²) in [6, 6.07) is 3.35. The maximum Gasteiger partial charge on any atom is 0.409 e. The van der Waals surface area contributed by atoms with Gasteiger partial charge in [-0.2, -0.15) is 0 Å². The van der Waals surface area contributed by atoms with Gasteiger partial charge in [0, 0.05) is 5.02 Å². The van der Waals surface area contributed by atoms with Crippen LogP contribution in [0.1, 0.15) is 18.1 Å². The molecule has 0 heterocycles. The molecular formula is C10H12ClNO2. The van der Waals surface area contributed by atoms with Crippen LogP contribution >= 0.6 is 11.6 Å². The highest BCUT2D eigenvalue weighted by Crippen LogP contribution is 2.26. The number of nitrogens with two attached hydrogens (primary N) is 1. The zero-order valence-corrected chi connectivity index (χ0v) is 8.89. The Bertz CT molecular complexity index is 363. The number of ether oxygens (including phenoxy) is 1. The molecule has 0 fully saturated rings. The van der Waals surface area contributed by atoms with Gasteiger partial charge in [-0.3, -0.25) is 0 Å². The van der Waals surface area contributed by atoms with Gasteiger partial charge in [-0.15, -0.1) is 0 Å². The van der Waals surface area contributed by atoms with Crippen molar-refractivity contribution >= 4 is 17.7 Å². The molecule has 0 atom stereocenters. The Balaban J connectivity index is 3.09. The third kappa shape index (κ3) is 2.39. The van der Waals surface area contributed by atoms with Crippen molar-refractivity contribution in [3.63, 3.8) is 0 Å². The van der Waals surface area contributed by atoms with Crippen LogP contribution in [0.15, 0.2) is 12.1 Å². The van der Waals surface area contributed by atoms with Crippen molar-refractivity contribution in [1.29, 1.82) is 0 Å². The van der Waals surface area contributed by atoms with Crippen LogP contribution in [-0.2, 0) is 6.42 Å². The van der Waals surface area contributed by atoms with Crippen LogP contribution in [0.3, 0.4) is 0 Å². The molecule has 0 bridgehead atoms. The lowest BCUT2D eigenvalue weighted by Crippen LogP contribution is -2.16. The number of hydrogen-bond acceptors (Lipinski definition) is 2. The Morgan fingerprint density at radius 2 is 2.21 bits per heavy atom. The van der Waals surface area contributed by atoms with E-state index in [2.05, 4.69) is 0 Å². The standard InChI is InChI=1S/C10H12ClNO2/c1-3-7-4-8(14-10(12)13)5-9(11)6(7)2/h4-5H,3H2,1-2H3,(H2,12,13). The van der Waals surface area contributed by atoms with E-state index in [1.165, 1.54) is 0 Å². The molecule has 14 heavy (non-hydrogen) atoms. The van der Waals surface area contributed by atoms with Crippen LogP contribution in [0, 0.1) is 6.92 Å². The van der Waals surface area contributed by atoms with Crippen LogP contribution < -0.4 is 10.5 Å². The van der Waals surface area contributed by atoms with Gasteiger partial charge in [-0.1, -0.05) is 18.5 Å². The topological polar surface area (TPSA) is 52.3 Å². The number of hydrogen-bond donors (Lipinski definition) is 1. The molecule has 2 N–H and O–H groups in total. The van der Waals surface area contributed by atoms with E-state index in [0.29, 0.717) is 10.8 Å². The Morgan fingerprint density at radius 3 is 2.71 bits per heavy atom. The molecule has 0 aliphatic rings. The first-order chi connectivity index (χ1) is 6.54. The Kier molecular flexibility index (Phi) is 3.36. The van der Waals surface area contributed by atoms with Crippen LogP contribution in [0.5, 0.6) is 5.75 Å². The lowest BCUT2D eigenvalue weighted by molar-refractivity contribution is 0.211. The molecule has 0 saturated carbocycles. The predicted molar refractivity (Wildman–Crippen MR) is 55.8 cm³/mol. The maximum atomic E-state index is 10.5. The molecule has 76 valence electrons. The molecule has 1 amide bonds. The van der Waals surface area contributed by atoms with E-state index in [-0.39, 0.29) is 0 Å². The molecule has 0 saturated heterocycles. The second-order valence-electron chi connectivity index (χ2n) is 2.96. The summed E-state index contributed by atoms with van der Waals surface area (Å²) in [4.78, 5) is 10.5. The molecule has 1 aromatic rings. The number of aryl methyl sites for hydroxylation is 1. The first kappa shape index (κ1) is 10.9. The molecule has 3 nitrogen and oxygen atoms in total. The number of carbonyl (C=O) groups excluding carboxylic acids is 1. The maximum absolute atomic E-state index is 10.5. The first-order valence-electron chi connectivity index (χ1n) is 4.31. The lowest BCUT2D eigenvalue weighted by atomic mass is 10.1. The third-order valence-corrected chi connectivity index (χ3v) is 2.42. The number of halogens is 1. The van der Waals surface area contributed by atoms with E-state index in [1.807, 2.05) is 13.8 Å². The largest absolute Gasteiger partial charge is 0.410 e. The number of carbonyl (C=O) groups is 1. The van der Waals surface area contributed by atoms with E-state index in [9.17, 15) is 4.79 Å².